The first-order chi connectivity index (χ1) is 12.2. The van der Waals surface area contributed by atoms with E-state index in [0.717, 1.165) is 17.7 Å². The van der Waals surface area contributed by atoms with Crippen molar-refractivity contribution in [3.63, 3.8) is 0 Å². The zero-order valence-electron chi connectivity index (χ0n) is 14.0. The topological polar surface area (TPSA) is 66.2 Å². The van der Waals surface area contributed by atoms with Crippen LogP contribution in [0.4, 0.5) is 0 Å². The maximum Gasteiger partial charge on any atom is 0.365 e. The van der Waals surface area contributed by atoms with Crippen molar-refractivity contribution in [3.05, 3.63) is 72.1 Å². The first-order valence-electron chi connectivity index (χ1n) is 8.13. The molecule has 1 heterocycles. The normalized spacial score (nSPS) is 10.4. The summed E-state index contributed by atoms with van der Waals surface area (Å²) in [6.07, 6.45) is 2.52. The molecule has 0 N–H and O–H groups in total. The van der Waals surface area contributed by atoms with Crippen LogP contribution in [0.2, 0.25) is 0 Å². The highest BCUT2D eigenvalue weighted by Gasteiger charge is 2.13. The second-order valence-corrected chi connectivity index (χ2v) is 5.50. The van der Waals surface area contributed by atoms with E-state index < -0.39 is 5.97 Å². The van der Waals surface area contributed by atoms with Gasteiger partial charge in [0, 0.05) is 0 Å². The standard InChI is InChI=1S/C19H19N3O3/c1-2-12-24-16-8-10-17(11-9-16)25-19(23)18-14-22(21-20-18)13-15-6-4-3-5-7-15/h3-11,14H,2,12-13H2,1H3. The monoisotopic (exact) mass is 337 g/mol. The van der Waals surface area contributed by atoms with Crippen LogP contribution in [0.1, 0.15) is 29.4 Å². The molecule has 0 radical (unpaired) electrons. The van der Waals surface area contributed by atoms with Gasteiger partial charge in [0.1, 0.15) is 11.5 Å². The number of nitrogens with zero attached hydrogens (tertiary/aromatic N) is 3. The Labute approximate surface area is 146 Å². The highest BCUT2D eigenvalue weighted by molar-refractivity contribution is 5.88. The number of carbonyl (C=O) groups excluding carboxylic acids is 1. The van der Waals surface area contributed by atoms with E-state index in [-0.39, 0.29) is 5.69 Å². The summed E-state index contributed by atoms with van der Waals surface area (Å²) in [5.41, 5.74) is 1.25. The van der Waals surface area contributed by atoms with E-state index in [2.05, 4.69) is 10.3 Å². The Hall–Kier alpha value is -3.15. The molecule has 3 aromatic rings. The smallest absolute Gasteiger partial charge is 0.365 e. The zero-order chi connectivity index (χ0) is 17.5. The molecule has 25 heavy (non-hydrogen) atoms. The van der Waals surface area contributed by atoms with Crippen LogP contribution < -0.4 is 9.47 Å². The summed E-state index contributed by atoms with van der Waals surface area (Å²) in [6, 6.07) is 16.8. The van der Waals surface area contributed by atoms with Crippen LogP contribution in [0, 0.1) is 0 Å². The molecule has 0 unspecified atom stereocenters. The van der Waals surface area contributed by atoms with Gasteiger partial charge in [-0.05, 0) is 36.2 Å². The molecule has 0 aliphatic heterocycles. The highest BCUT2D eigenvalue weighted by Crippen LogP contribution is 2.18. The van der Waals surface area contributed by atoms with Crippen molar-refractivity contribution in [1.29, 1.82) is 0 Å². The van der Waals surface area contributed by atoms with Crippen molar-refractivity contribution < 1.29 is 14.3 Å². The molecule has 6 nitrogen and oxygen atoms in total. The van der Waals surface area contributed by atoms with Crippen LogP contribution in [-0.4, -0.2) is 27.6 Å². The van der Waals surface area contributed by atoms with Gasteiger partial charge in [0.15, 0.2) is 5.69 Å². The first kappa shape index (κ1) is 16.7. The molecule has 0 aliphatic rings. The fraction of sp³-hybridized carbons (Fsp3) is 0.211. The molecule has 3 rings (SSSR count). The quantitative estimate of drug-likeness (QED) is 0.489. The molecule has 0 saturated carbocycles. The molecule has 0 bridgehead atoms. The van der Waals surface area contributed by atoms with Crippen molar-refractivity contribution in [1.82, 2.24) is 15.0 Å². The second kappa shape index (κ2) is 8.10. The lowest BCUT2D eigenvalue weighted by Gasteiger charge is -2.05. The van der Waals surface area contributed by atoms with Crippen LogP contribution in [0.25, 0.3) is 0 Å². The summed E-state index contributed by atoms with van der Waals surface area (Å²) in [5, 5.41) is 7.85. The Morgan fingerprint density at radius 3 is 2.48 bits per heavy atom. The minimum Gasteiger partial charge on any atom is -0.494 e. The van der Waals surface area contributed by atoms with E-state index in [1.54, 1.807) is 35.1 Å². The molecule has 0 fully saturated rings. The third-order valence-electron chi connectivity index (χ3n) is 3.44. The third kappa shape index (κ3) is 4.67. The van der Waals surface area contributed by atoms with E-state index in [0.29, 0.717) is 18.9 Å². The zero-order valence-corrected chi connectivity index (χ0v) is 14.0. The summed E-state index contributed by atoms with van der Waals surface area (Å²) in [5.74, 6) is 0.642. The van der Waals surface area contributed by atoms with Gasteiger partial charge in [-0.3, -0.25) is 0 Å². The van der Waals surface area contributed by atoms with E-state index in [1.165, 1.54) is 0 Å². The molecule has 0 saturated heterocycles. The summed E-state index contributed by atoms with van der Waals surface area (Å²) < 4.78 is 12.4. The highest BCUT2D eigenvalue weighted by atomic mass is 16.5. The summed E-state index contributed by atoms with van der Waals surface area (Å²) in [4.78, 5) is 12.2. The lowest BCUT2D eigenvalue weighted by Crippen LogP contribution is -2.09. The van der Waals surface area contributed by atoms with Crippen molar-refractivity contribution in [2.24, 2.45) is 0 Å². The SMILES string of the molecule is CCCOc1ccc(OC(=O)c2cn(Cc3ccccc3)nn2)cc1. The molecular weight excluding hydrogens is 318 g/mol. The molecule has 1 aromatic heterocycles. The summed E-state index contributed by atoms with van der Waals surface area (Å²) in [7, 11) is 0. The lowest BCUT2D eigenvalue weighted by molar-refractivity contribution is 0.0728. The van der Waals surface area contributed by atoms with Crippen LogP contribution in [0.3, 0.4) is 0 Å². The van der Waals surface area contributed by atoms with Crippen molar-refractivity contribution in [2.75, 3.05) is 6.61 Å². The van der Waals surface area contributed by atoms with Crippen molar-refractivity contribution in [3.8, 4) is 11.5 Å². The molecule has 0 atom stereocenters. The van der Waals surface area contributed by atoms with Crippen molar-refractivity contribution >= 4 is 5.97 Å². The molecule has 0 amide bonds. The van der Waals surface area contributed by atoms with Gasteiger partial charge in [-0.15, -0.1) is 5.10 Å². The average molecular weight is 337 g/mol. The molecule has 6 heteroatoms. The fourth-order valence-corrected chi connectivity index (χ4v) is 2.22. The number of benzene rings is 2. The van der Waals surface area contributed by atoms with Gasteiger partial charge in [-0.2, -0.15) is 0 Å². The molecular formula is C19H19N3O3. The number of ether oxygens (including phenoxy) is 2. The minimum atomic E-state index is -0.540. The van der Waals surface area contributed by atoms with Crippen LogP contribution in [0.5, 0.6) is 11.5 Å². The van der Waals surface area contributed by atoms with Gasteiger partial charge in [-0.25, -0.2) is 9.48 Å². The van der Waals surface area contributed by atoms with E-state index >= 15 is 0 Å². The number of hydrogen-bond acceptors (Lipinski definition) is 5. The average Bonchev–Trinajstić information content (AvgIpc) is 3.11. The summed E-state index contributed by atoms with van der Waals surface area (Å²) >= 11 is 0. The van der Waals surface area contributed by atoms with Gasteiger partial charge < -0.3 is 9.47 Å². The second-order valence-electron chi connectivity index (χ2n) is 5.50. The largest absolute Gasteiger partial charge is 0.494 e. The van der Waals surface area contributed by atoms with E-state index in [1.807, 2.05) is 37.3 Å². The third-order valence-corrected chi connectivity index (χ3v) is 3.44. The Bertz CT molecular complexity index is 813. The Morgan fingerprint density at radius 1 is 1.04 bits per heavy atom. The van der Waals surface area contributed by atoms with Gasteiger partial charge in [-0.1, -0.05) is 42.5 Å². The predicted octanol–water partition coefficient (Wildman–Crippen LogP) is 3.33. The summed E-state index contributed by atoms with van der Waals surface area (Å²) in [6.45, 7) is 3.25. The van der Waals surface area contributed by atoms with Gasteiger partial charge in [0.2, 0.25) is 0 Å². The van der Waals surface area contributed by atoms with E-state index in [4.69, 9.17) is 9.47 Å². The molecule has 0 aliphatic carbocycles. The number of hydrogen-bond donors (Lipinski definition) is 0. The number of aromatic nitrogens is 3. The fourth-order valence-electron chi connectivity index (χ4n) is 2.22. The maximum atomic E-state index is 12.2. The number of esters is 1. The number of rotatable bonds is 7. The molecule has 128 valence electrons. The number of carbonyl (C=O) groups is 1. The maximum absolute atomic E-state index is 12.2. The van der Waals surface area contributed by atoms with Crippen LogP contribution in [-0.2, 0) is 6.54 Å². The minimum absolute atomic E-state index is 0.169. The van der Waals surface area contributed by atoms with E-state index in [9.17, 15) is 4.79 Å². The Balaban J connectivity index is 1.60. The van der Waals surface area contributed by atoms with Gasteiger partial charge in [0.25, 0.3) is 0 Å². The van der Waals surface area contributed by atoms with Crippen LogP contribution in [0.15, 0.2) is 60.8 Å². The molecule has 0 spiro atoms. The Morgan fingerprint density at radius 2 is 1.76 bits per heavy atom. The Kier molecular flexibility index (Phi) is 5.41. The first-order valence-corrected chi connectivity index (χ1v) is 8.13. The predicted molar refractivity (Wildman–Crippen MR) is 92.8 cm³/mol. The lowest BCUT2D eigenvalue weighted by atomic mass is 10.2. The molecule has 2 aromatic carbocycles. The van der Waals surface area contributed by atoms with Crippen LogP contribution >= 0.6 is 0 Å². The van der Waals surface area contributed by atoms with Crippen molar-refractivity contribution in [2.45, 2.75) is 19.9 Å². The van der Waals surface area contributed by atoms with Gasteiger partial charge >= 0.3 is 5.97 Å². The van der Waals surface area contributed by atoms with Gasteiger partial charge in [0.05, 0.1) is 19.3 Å².